The fraction of sp³-hybridized carbons (Fsp3) is 0.353. The van der Waals surface area contributed by atoms with E-state index in [4.69, 9.17) is 9.47 Å². The van der Waals surface area contributed by atoms with Crippen LogP contribution in [0.4, 0.5) is 0 Å². The number of phenols is 1. The third-order valence-corrected chi connectivity index (χ3v) is 4.57. The van der Waals surface area contributed by atoms with Crippen molar-refractivity contribution in [3.05, 3.63) is 40.5 Å². The van der Waals surface area contributed by atoms with Crippen molar-refractivity contribution < 1.29 is 29.0 Å². The molecule has 1 aromatic rings. The van der Waals surface area contributed by atoms with Crippen molar-refractivity contribution in [1.82, 2.24) is 0 Å². The van der Waals surface area contributed by atoms with Crippen molar-refractivity contribution in [2.45, 2.75) is 38.1 Å². The Bertz CT molecular complexity index is 790. The van der Waals surface area contributed by atoms with E-state index in [0.717, 1.165) is 0 Å². The van der Waals surface area contributed by atoms with Gasteiger partial charge in [0.15, 0.2) is 17.7 Å². The summed E-state index contributed by atoms with van der Waals surface area (Å²) in [6.07, 6.45) is -1.40. The van der Waals surface area contributed by atoms with Crippen LogP contribution in [0.2, 0.25) is 0 Å². The predicted molar refractivity (Wildman–Crippen MR) is 77.2 cm³/mol. The monoisotopic (exact) mass is 314 g/mol. The molecule has 4 rings (SSSR count). The molecule has 0 amide bonds. The molecular weight excluding hydrogens is 300 g/mol. The summed E-state index contributed by atoms with van der Waals surface area (Å²) in [5, 5.41) is 10.0. The number of ether oxygens (including phenoxy) is 2. The molecule has 2 aliphatic heterocycles. The zero-order valence-electron chi connectivity index (χ0n) is 12.4. The lowest BCUT2D eigenvalue weighted by atomic mass is 9.76. The molecule has 3 atom stereocenters. The van der Waals surface area contributed by atoms with Gasteiger partial charge in [-0.05, 0) is 12.5 Å². The summed E-state index contributed by atoms with van der Waals surface area (Å²) in [6, 6.07) is 4.39. The Morgan fingerprint density at radius 2 is 1.96 bits per heavy atom. The van der Waals surface area contributed by atoms with Crippen molar-refractivity contribution in [3.63, 3.8) is 0 Å². The van der Waals surface area contributed by atoms with E-state index in [9.17, 15) is 19.5 Å². The zero-order valence-corrected chi connectivity index (χ0v) is 12.4. The van der Waals surface area contributed by atoms with Crippen molar-refractivity contribution in [3.8, 4) is 5.75 Å². The van der Waals surface area contributed by atoms with Gasteiger partial charge in [0.05, 0.1) is 23.7 Å². The van der Waals surface area contributed by atoms with Crippen LogP contribution < -0.4 is 0 Å². The number of carbonyl (C=O) groups excluding carboxylic acids is 3. The van der Waals surface area contributed by atoms with Gasteiger partial charge in [-0.15, -0.1) is 0 Å². The molecule has 2 heterocycles. The fourth-order valence-electron chi connectivity index (χ4n) is 3.58. The highest BCUT2D eigenvalue weighted by molar-refractivity contribution is 6.29. The number of esters is 1. The first kappa shape index (κ1) is 14.1. The van der Waals surface area contributed by atoms with Gasteiger partial charge in [0.25, 0.3) is 0 Å². The minimum atomic E-state index is -0.841. The lowest BCUT2D eigenvalue weighted by Crippen LogP contribution is -2.45. The first-order valence-electron chi connectivity index (χ1n) is 7.53. The summed E-state index contributed by atoms with van der Waals surface area (Å²) in [7, 11) is 0. The van der Waals surface area contributed by atoms with Crippen LogP contribution in [0.15, 0.2) is 29.3 Å². The van der Waals surface area contributed by atoms with Crippen LogP contribution >= 0.6 is 0 Å². The van der Waals surface area contributed by atoms with E-state index in [2.05, 4.69) is 0 Å². The van der Waals surface area contributed by atoms with Gasteiger partial charge < -0.3 is 14.6 Å². The molecule has 23 heavy (non-hydrogen) atoms. The zero-order chi connectivity index (χ0) is 16.3. The molecule has 0 unspecified atom stereocenters. The van der Waals surface area contributed by atoms with Crippen molar-refractivity contribution in [2.75, 3.05) is 0 Å². The van der Waals surface area contributed by atoms with Crippen LogP contribution in [0.3, 0.4) is 0 Å². The number of Topliss-reactive ketones (excluding diaryl/α,β-unsaturated/α-hetero) is 2. The van der Waals surface area contributed by atoms with Gasteiger partial charge in [-0.1, -0.05) is 19.1 Å². The smallest absolute Gasteiger partial charge is 0.309 e. The van der Waals surface area contributed by atoms with E-state index in [1.54, 1.807) is 0 Å². The number of hydrogen-bond acceptors (Lipinski definition) is 6. The van der Waals surface area contributed by atoms with E-state index >= 15 is 0 Å². The van der Waals surface area contributed by atoms with Crippen LogP contribution in [0.25, 0.3) is 0 Å². The van der Waals surface area contributed by atoms with E-state index in [1.807, 2.05) is 6.92 Å². The molecule has 1 saturated heterocycles. The van der Waals surface area contributed by atoms with Gasteiger partial charge in [0.1, 0.15) is 11.9 Å². The topological polar surface area (TPSA) is 89.9 Å². The van der Waals surface area contributed by atoms with Crippen LogP contribution in [0.5, 0.6) is 5.75 Å². The number of hydrogen-bond donors (Lipinski definition) is 1. The Balaban J connectivity index is 1.95. The third-order valence-electron chi connectivity index (χ3n) is 4.57. The average molecular weight is 314 g/mol. The Morgan fingerprint density at radius 3 is 2.70 bits per heavy atom. The van der Waals surface area contributed by atoms with Crippen molar-refractivity contribution in [1.29, 1.82) is 0 Å². The molecule has 0 spiro atoms. The second-order valence-corrected chi connectivity index (χ2v) is 5.87. The van der Waals surface area contributed by atoms with E-state index in [-0.39, 0.29) is 40.2 Å². The molecule has 6 heteroatoms. The van der Waals surface area contributed by atoms with Crippen molar-refractivity contribution >= 4 is 17.5 Å². The minimum absolute atomic E-state index is 0.000994. The lowest BCUT2D eigenvalue weighted by Gasteiger charge is -2.36. The summed E-state index contributed by atoms with van der Waals surface area (Å²) < 4.78 is 11.0. The Morgan fingerprint density at radius 1 is 1.17 bits per heavy atom. The van der Waals surface area contributed by atoms with Crippen molar-refractivity contribution in [2.24, 2.45) is 0 Å². The van der Waals surface area contributed by atoms with E-state index in [1.165, 1.54) is 18.2 Å². The van der Waals surface area contributed by atoms with Gasteiger partial charge in [-0.2, -0.15) is 0 Å². The Hall–Kier alpha value is -2.47. The quantitative estimate of drug-likeness (QED) is 0.791. The molecule has 0 bridgehead atoms. The lowest BCUT2D eigenvalue weighted by molar-refractivity contribution is -0.140. The minimum Gasteiger partial charge on any atom is -0.507 e. The molecular formula is C17H14O6. The summed E-state index contributed by atoms with van der Waals surface area (Å²) in [5.74, 6) is -1.48. The molecule has 1 fully saturated rings. The fourth-order valence-corrected chi connectivity index (χ4v) is 3.58. The highest BCUT2D eigenvalue weighted by Crippen LogP contribution is 2.42. The number of ketones is 2. The van der Waals surface area contributed by atoms with Crippen LogP contribution in [-0.4, -0.2) is 41.0 Å². The number of carbonyl (C=O) groups is 3. The number of phenolic OH excluding ortho intramolecular Hbond substituents is 1. The normalized spacial score (nSPS) is 29.1. The molecule has 1 aliphatic carbocycles. The number of benzene rings is 1. The SMILES string of the molecule is CC[C@@H]1O[C@@H]2CC(=O)O[C@@H]2C2=C1C(=O)c1c(O)cccc1C2=O. The number of aromatic hydroxyl groups is 1. The van der Waals surface area contributed by atoms with Gasteiger partial charge in [-0.25, -0.2) is 0 Å². The van der Waals surface area contributed by atoms with Gasteiger partial charge >= 0.3 is 5.97 Å². The maximum absolute atomic E-state index is 12.9. The second-order valence-electron chi connectivity index (χ2n) is 5.87. The van der Waals surface area contributed by atoms with Crippen LogP contribution in [-0.2, 0) is 14.3 Å². The van der Waals surface area contributed by atoms with Gasteiger partial charge in [-0.3, -0.25) is 14.4 Å². The summed E-state index contributed by atoms with van der Waals surface area (Å²) in [4.78, 5) is 37.4. The maximum Gasteiger partial charge on any atom is 0.309 e. The maximum atomic E-state index is 12.9. The van der Waals surface area contributed by atoms with E-state index in [0.29, 0.717) is 6.42 Å². The number of fused-ring (bicyclic) bond motifs is 3. The summed E-state index contributed by atoms with van der Waals surface area (Å²) >= 11 is 0. The standard InChI is InChI=1S/C17H14O6/c1-2-9-13-14(17-10(22-9)6-11(19)23-17)15(20)7-4-3-5-8(18)12(7)16(13)21/h3-5,9-10,17-18H,2,6H2,1H3/t9-,10+,17-/m0/s1. The molecule has 6 nitrogen and oxygen atoms in total. The third kappa shape index (κ3) is 1.81. The summed E-state index contributed by atoms with van der Waals surface area (Å²) in [6.45, 7) is 1.84. The van der Waals surface area contributed by atoms with Crippen LogP contribution in [0, 0.1) is 0 Å². The summed E-state index contributed by atoms with van der Waals surface area (Å²) in [5.41, 5.74) is 0.567. The molecule has 1 N–H and O–H groups in total. The van der Waals surface area contributed by atoms with Gasteiger partial charge in [0.2, 0.25) is 0 Å². The molecule has 118 valence electrons. The second kappa shape index (κ2) is 4.76. The predicted octanol–water partition coefficient (Wildman–Crippen LogP) is 1.56. The first-order valence-corrected chi connectivity index (χ1v) is 7.53. The largest absolute Gasteiger partial charge is 0.507 e. The van der Waals surface area contributed by atoms with Gasteiger partial charge in [0, 0.05) is 11.1 Å². The first-order chi connectivity index (χ1) is 11.0. The molecule has 0 aromatic heterocycles. The molecule has 0 radical (unpaired) electrons. The Kier molecular flexibility index (Phi) is 2.93. The highest BCUT2D eigenvalue weighted by Gasteiger charge is 2.51. The molecule has 1 aromatic carbocycles. The Labute approximate surface area is 131 Å². The van der Waals surface area contributed by atoms with Crippen LogP contribution in [0.1, 0.15) is 40.5 Å². The highest BCUT2D eigenvalue weighted by atomic mass is 16.6. The molecule has 0 saturated carbocycles. The van der Waals surface area contributed by atoms with E-state index < -0.39 is 30.1 Å². The average Bonchev–Trinajstić information content (AvgIpc) is 2.90. The molecule has 3 aliphatic rings. The number of rotatable bonds is 1.